The topological polar surface area (TPSA) is 92.8 Å². The van der Waals surface area contributed by atoms with Crippen molar-refractivity contribution in [2.75, 3.05) is 18.4 Å². The number of fused-ring (bicyclic) bond motifs is 1. The number of piperidine rings is 1. The molecule has 4 rings (SSSR count). The van der Waals surface area contributed by atoms with Crippen LogP contribution in [0.25, 0.3) is 0 Å². The van der Waals surface area contributed by atoms with Crippen LogP contribution in [0.15, 0.2) is 47.4 Å². The Bertz CT molecular complexity index is 1080. The number of rotatable bonds is 4. The maximum Gasteiger partial charge on any atom is 0.314 e. The fourth-order valence-electron chi connectivity index (χ4n) is 3.71. The molecule has 0 aromatic heterocycles. The second kappa shape index (κ2) is 8.16. The summed E-state index contributed by atoms with van der Waals surface area (Å²) in [6.45, 7) is 0.380. The molecular formula is C21H21FN2O5S. The Morgan fingerprint density at radius 2 is 1.77 bits per heavy atom. The predicted octanol–water partition coefficient (Wildman–Crippen LogP) is 2.72. The smallest absolute Gasteiger partial charge is 0.314 e. The third kappa shape index (κ3) is 4.22. The van der Waals surface area contributed by atoms with Crippen molar-refractivity contribution in [3.63, 3.8) is 0 Å². The quantitative estimate of drug-likeness (QED) is 0.592. The first-order valence-electron chi connectivity index (χ1n) is 9.73. The first-order chi connectivity index (χ1) is 14.3. The molecule has 0 bridgehead atoms. The Morgan fingerprint density at radius 3 is 2.47 bits per heavy atom. The van der Waals surface area contributed by atoms with Gasteiger partial charge in [0.05, 0.1) is 10.8 Å². The maximum atomic E-state index is 13.1. The molecule has 1 fully saturated rings. The van der Waals surface area contributed by atoms with Crippen LogP contribution >= 0.6 is 0 Å². The molecule has 0 saturated carbocycles. The third-order valence-electron chi connectivity index (χ3n) is 5.43. The molecule has 2 heterocycles. The highest BCUT2D eigenvalue weighted by molar-refractivity contribution is 7.89. The number of carbonyl (C=O) groups excluding carboxylic acids is 2. The molecule has 30 heavy (non-hydrogen) atoms. The largest absolute Gasteiger partial charge is 0.426 e. The number of sulfonamides is 1. The molecule has 2 aromatic rings. The number of nitrogens with one attached hydrogen (secondary N) is 1. The Labute approximate surface area is 173 Å². The molecule has 7 nitrogen and oxygen atoms in total. The van der Waals surface area contributed by atoms with E-state index in [0.717, 1.165) is 23.4 Å². The minimum atomic E-state index is -3.72. The van der Waals surface area contributed by atoms with Crippen LogP contribution in [0.4, 0.5) is 10.1 Å². The lowest BCUT2D eigenvalue weighted by Gasteiger charge is -2.30. The Kier molecular flexibility index (Phi) is 5.57. The monoisotopic (exact) mass is 432 g/mol. The van der Waals surface area contributed by atoms with Gasteiger partial charge in [-0.3, -0.25) is 9.59 Å². The van der Waals surface area contributed by atoms with E-state index in [0.29, 0.717) is 31.4 Å². The number of hydrogen-bond acceptors (Lipinski definition) is 5. The standard InChI is InChI=1S/C21H21FN2O5S/c22-16-2-5-18(6-3-16)30(27,28)24-11-9-14(10-12-24)21(26)29-17-4-7-19-15(13-17)1-8-20(25)23-19/h2-7,13-14H,1,8-12H2,(H,23,25). The highest BCUT2D eigenvalue weighted by Crippen LogP contribution is 2.29. The van der Waals surface area contributed by atoms with Crippen molar-refractivity contribution in [2.45, 2.75) is 30.6 Å². The zero-order valence-electron chi connectivity index (χ0n) is 16.1. The van der Waals surface area contributed by atoms with Gasteiger partial charge in [-0.1, -0.05) is 0 Å². The van der Waals surface area contributed by atoms with Crippen LogP contribution in [0, 0.1) is 11.7 Å². The summed E-state index contributed by atoms with van der Waals surface area (Å²) in [5.41, 5.74) is 1.64. The number of hydrogen-bond donors (Lipinski definition) is 1. The normalized spacial score (nSPS) is 17.8. The van der Waals surface area contributed by atoms with Crippen LogP contribution < -0.4 is 10.1 Å². The Balaban J connectivity index is 1.36. The van der Waals surface area contributed by atoms with E-state index in [1.165, 1.54) is 16.4 Å². The second-order valence-corrected chi connectivity index (χ2v) is 9.36. The molecule has 0 atom stereocenters. The van der Waals surface area contributed by atoms with Gasteiger partial charge in [-0.15, -0.1) is 0 Å². The second-order valence-electron chi connectivity index (χ2n) is 7.42. The molecule has 1 N–H and O–H groups in total. The molecular weight excluding hydrogens is 411 g/mol. The first kappa shape index (κ1) is 20.5. The van der Waals surface area contributed by atoms with Crippen molar-refractivity contribution in [1.29, 1.82) is 0 Å². The number of benzene rings is 2. The lowest BCUT2D eigenvalue weighted by atomic mass is 9.98. The van der Waals surface area contributed by atoms with Crippen molar-refractivity contribution < 1.29 is 27.1 Å². The zero-order valence-corrected chi connectivity index (χ0v) is 17.0. The molecule has 0 unspecified atom stereocenters. The van der Waals surface area contributed by atoms with E-state index in [1.807, 2.05) is 0 Å². The summed E-state index contributed by atoms with van der Waals surface area (Å²) >= 11 is 0. The van der Waals surface area contributed by atoms with Gasteiger partial charge in [0.15, 0.2) is 0 Å². The Hall–Kier alpha value is -2.78. The molecule has 2 aliphatic rings. The molecule has 1 saturated heterocycles. The first-order valence-corrected chi connectivity index (χ1v) is 11.2. The number of anilines is 1. The maximum absolute atomic E-state index is 13.1. The van der Waals surface area contributed by atoms with Crippen LogP contribution in [-0.4, -0.2) is 37.7 Å². The average molecular weight is 432 g/mol. The van der Waals surface area contributed by atoms with Gasteiger partial charge in [0.2, 0.25) is 15.9 Å². The summed E-state index contributed by atoms with van der Waals surface area (Å²) in [6.07, 6.45) is 1.68. The lowest BCUT2D eigenvalue weighted by Crippen LogP contribution is -2.41. The molecule has 1 amide bonds. The van der Waals surface area contributed by atoms with Gasteiger partial charge in [-0.05, 0) is 67.3 Å². The van der Waals surface area contributed by atoms with Gasteiger partial charge >= 0.3 is 5.97 Å². The number of amides is 1. The van der Waals surface area contributed by atoms with Crippen LogP contribution in [-0.2, 0) is 26.0 Å². The van der Waals surface area contributed by atoms with Crippen molar-refractivity contribution in [1.82, 2.24) is 4.31 Å². The fourth-order valence-corrected chi connectivity index (χ4v) is 5.18. The number of esters is 1. The third-order valence-corrected chi connectivity index (χ3v) is 7.34. The number of aryl methyl sites for hydroxylation is 1. The van der Waals surface area contributed by atoms with E-state index >= 15 is 0 Å². The Morgan fingerprint density at radius 1 is 1.07 bits per heavy atom. The number of ether oxygens (including phenoxy) is 1. The van der Waals surface area contributed by atoms with Crippen molar-refractivity contribution in [3.8, 4) is 5.75 Å². The van der Waals surface area contributed by atoms with Crippen LogP contribution in [0.2, 0.25) is 0 Å². The van der Waals surface area contributed by atoms with Gasteiger partial charge in [-0.25, -0.2) is 12.8 Å². The van der Waals surface area contributed by atoms with Gasteiger partial charge in [0.25, 0.3) is 0 Å². The summed E-state index contributed by atoms with van der Waals surface area (Å²) in [4.78, 5) is 24.0. The SMILES string of the molecule is O=C1CCc2cc(OC(=O)C3CCN(S(=O)(=O)c4ccc(F)cc4)CC3)ccc2N1. The van der Waals surface area contributed by atoms with Crippen LogP contribution in [0.1, 0.15) is 24.8 Å². The van der Waals surface area contributed by atoms with E-state index < -0.39 is 27.7 Å². The van der Waals surface area contributed by atoms with Crippen LogP contribution in [0.3, 0.4) is 0 Å². The number of nitrogens with zero attached hydrogens (tertiary/aromatic N) is 1. The average Bonchev–Trinajstić information content (AvgIpc) is 2.74. The zero-order chi connectivity index (χ0) is 21.3. The number of carbonyl (C=O) groups is 2. The molecule has 158 valence electrons. The van der Waals surface area contributed by atoms with Crippen molar-refractivity contribution >= 4 is 27.6 Å². The van der Waals surface area contributed by atoms with E-state index in [-0.39, 0.29) is 23.9 Å². The summed E-state index contributed by atoms with van der Waals surface area (Å²) in [7, 11) is -3.72. The molecule has 0 aliphatic carbocycles. The van der Waals surface area contributed by atoms with E-state index in [1.54, 1.807) is 18.2 Å². The molecule has 2 aliphatic heterocycles. The fraction of sp³-hybridized carbons (Fsp3) is 0.333. The van der Waals surface area contributed by atoms with E-state index in [2.05, 4.69) is 5.32 Å². The lowest BCUT2D eigenvalue weighted by molar-refractivity contribution is -0.140. The van der Waals surface area contributed by atoms with Crippen LogP contribution in [0.5, 0.6) is 5.75 Å². The molecule has 9 heteroatoms. The number of halogens is 1. The van der Waals surface area contributed by atoms with E-state index in [9.17, 15) is 22.4 Å². The minimum Gasteiger partial charge on any atom is -0.426 e. The molecule has 0 radical (unpaired) electrons. The molecule has 2 aromatic carbocycles. The van der Waals surface area contributed by atoms with Crippen molar-refractivity contribution in [3.05, 3.63) is 53.8 Å². The predicted molar refractivity (Wildman–Crippen MR) is 107 cm³/mol. The van der Waals surface area contributed by atoms with Gasteiger partial charge in [0.1, 0.15) is 11.6 Å². The summed E-state index contributed by atoms with van der Waals surface area (Å²) < 4.78 is 45.2. The summed E-state index contributed by atoms with van der Waals surface area (Å²) in [5.74, 6) is -0.917. The highest BCUT2D eigenvalue weighted by Gasteiger charge is 2.33. The molecule has 0 spiro atoms. The van der Waals surface area contributed by atoms with Crippen molar-refractivity contribution in [2.24, 2.45) is 5.92 Å². The highest BCUT2D eigenvalue weighted by atomic mass is 32.2. The van der Waals surface area contributed by atoms with Gasteiger partial charge < -0.3 is 10.1 Å². The van der Waals surface area contributed by atoms with Gasteiger partial charge in [0, 0.05) is 25.2 Å². The van der Waals surface area contributed by atoms with Gasteiger partial charge in [-0.2, -0.15) is 4.31 Å². The summed E-state index contributed by atoms with van der Waals surface area (Å²) in [6, 6.07) is 9.80. The minimum absolute atomic E-state index is 0.0328. The van der Waals surface area contributed by atoms with E-state index in [4.69, 9.17) is 4.74 Å². The summed E-state index contributed by atoms with van der Waals surface area (Å²) in [5, 5.41) is 2.78.